The molecule has 3 unspecified atom stereocenters. The van der Waals surface area contributed by atoms with Crippen LogP contribution in [0.25, 0.3) is 0 Å². The summed E-state index contributed by atoms with van der Waals surface area (Å²) < 4.78 is 0. The summed E-state index contributed by atoms with van der Waals surface area (Å²) in [6, 6.07) is 8.81. The van der Waals surface area contributed by atoms with Crippen molar-refractivity contribution < 1.29 is 0 Å². The Morgan fingerprint density at radius 2 is 1.83 bits per heavy atom. The molecular weight excluding hydrogens is 220 g/mol. The van der Waals surface area contributed by atoms with Crippen LogP contribution >= 0.6 is 0 Å². The Labute approximate surface area is 110 Å². The third kappa shape index (κ3) is 2.26. The fourth-order valence-electron chi connectivity index (χ4n) is 3.79. The molecule has 1 aliphatic carbocycles. The molecule has 2 N–H and O–H groups in total. The molecule has 0 amide bonds. The summed E-state index contributed by atoms with van der Waals surface area (Å²) in [7, 11) is 0. The zero-order chi connectivity index (χ0) is 12.5. The lowest BCUT2D eigenvalue weighted by molar-refractivity contribution is 0.231. The SMILES string of the molecule is CC(N)c1ccccc1N1CC2CCCC(C2)C1. The van der Waals surface area contributed by atoms with Crippen LogP contribution in [0, 0.1) is 11.8 Å². The first-order chi connectivity index (χ1) is 8.74. The highest BCUT2D eigenvalue weighted by molar-refractivity contribution is 5.55. The van der Waals surface area contributed by atoms with Crippen molar-refractivity contribution in [2.75, 3.05) is 18.0 Å². The number of hydrogen-bond acceptors (Lipinski definition) is 2. The Balaban J connectivity index is 1.86. The molecule has 0 spiro atoms. The van der Waals surface area contributed by atoms with E-state index in [1.807, 2.05) is 0 Å². The van der Waals surface area contributed by atoms with Crippen LogP contribution in [-0.4, -0.2) is 13.1 Å². The zero-order valence-electron chi connectivity index (χ0n) is 11.3. The zero-order valence-corrected chi connectivity index (χ0v) is 11.3. The van der Waals surface area contributed by atoms with Gasteiger partial charge in [0, 0.05) is 24.8 Å². The smallest absolute Gasteiger partial charge is 0.0414 e. The second-order valence-electron chi connectivity index (χ2n) is 6.15. The molecule has 2 fully saturated rings. The van der Waals surface area contributed by atoms with E-state index in [1.165, 1.54) is 50.0 Å². The fourth-order valence-corrected chi connectivity index (χ4v) is 3.79. The van der Waals surface area contributed by atoms with Gasteiger partial charge < -0.3 is 10.6 Å². The Morgan fingerprint density at radius 1 is 1.17 bits per heavy atom. The van der Waals surface area contributed by atoms with Crippen LogP contribution in [0.4, 0.5) is 5.69 Å². The first kappa shape index (κ1) is 12.0. The molecule has 2 aliphatic rings. The molecule has 3 atom stereocenters. The summed E-state index contributed by atoms with van der Waals surface area (Å²) in [6.45, 7) is 4.56. The normalized spacial score (nSPS) is 29.1. The monoisotopic (exact) mass is 244 g/mol. The molecule has 98 valence electrons. The van der Waals surface area contributed by atoms with E-state index in [0.29, 0.717) is 0 Å². The quantitative estimate of drug-likeness (QED) is 0.864. The Bertz CT molecular complexity index is 401. The lowest BCUT2D eigenvalue weighted by Gasteiger charge is -2.43. The number of fused-ring (bicyclic) bond motifs is 2. The van der Waals surface area contributed by atoms with Crippen molar-refractivity contribution in [1.82, 2.24) is 0 Å². The fraction of sp³-hybridized carbons (Fsp3) is 0.625. The highest BCUT2D eigenvalue weighted by Gasteiger charge is 2.31. The third-order valence-corrected chi connectivity index (χ3v) is 4.62. The lowest BCUT2D eigenvalue weighted by Crippen LogP contribution is -2.43. The first-order valence-electron chi connectivity index (χ1n) is 7.33. The number of piperidine rings is 1. The van der Waals surface area contributed by atoms with Gasteiger partial charge in [0.2, 0.25) is 0 Å². The number of anilines is 1. The van der Waals surface area contributed by atoms with Crippen molar-refractivity contribution in [2.45, 2.75) is 38.6 Å². The van der Waals surface area contributed by atoms with Crippen LogP contribution < -0.4 is 10.6 Å². The van der Waals surface area contributed by atoms with Gasteiger partial charge in [-0.2, -0.15) is 0 Å². The average Bonchev–Trinajstić information content (AvgIpc) is 2.38. The molecule has 2 nitrogen and oxygen atoms in total. The van der Waals surface area contributed by atoms with Gasteiger partial charge in [-0.1, -0.05) is 24.6 Å². The molecule has 18 heavy (non-hydrogen) atoms. The highest BCUT2D eigenvalue weighted by Crippen LogP contribution is 2.37. The van der Waals surface area contributed by atoms with Gasteiger partial charge in [0.05, 0.1) is 0 Å². The van der Waals surface area contributed by atoms with E-state index >= 15 is 0 Å². The second-order valence-corrected chi connectivity index (χ2v) is 6.15. The highest BCUT2D eigenvalue weighted by atomic mass is 15.1. The van der Waals surface area contributed by atoms with Crippen molar-refractivity contribution in [3.8, 4) is 0 Å². The summed E-state index contributed by atoms with van der Waals surface area (Å²) in [5.74, 6) is 1.83. The molecule has 2 bridgehead atoms. The summed E-state index contributed by atoms with van der Waals surface area (Å²) in [6.07, 6.45) is 5.75. The summed E-state index contributed by atoms with van der Waals surface area (Å²) >= 11 is 0. The number of para-hydroxylation sites is 1. The van der Waals surface area contributed by atoms with Crippen molar-refractivity contribution >= 4 is 5.69 Å². The first-order valence-corrected chi connectivity index (χ1v) is 7.33. The van der Waals surface area contributed by atoms with Crippen LogP contribution in [0.2, 0.25) is 0 Å². The van der Waals surface area contributed by atoms with Crippen molar-refractivity contribution in [1.29, 1.82) is 0 Å². The van der Waals surface area contributed by atoms with Gasteiger partial charge in [0.15, 0.2) is 0 Å². The largest absolute Gasteiger partial charge is 0.371 e. The van der Waals surface area contributed by atoms with Gasteiger partial charge in [-0.05, 0) is 49.7 Å². The maximum Gasteiger partial charge on any atom is 0.0414 e. The maximum atomic E-state index is 6.11. The molecule has 2 heteroatoms. The summed E-state index contributed by atoms with van der Waals surface area (Å²) in [5.41, 5.74) is 8.79. The molecular formula is C16H24N2. The van der Waals surface area contributed by atoms with Gasteiger partial charge in [0.1, 0.15) is 0 Å². The lowest BCUT2D eigenvalue weighted by atomic mass is 9.77. The average molecular weight is 244 g/mol. The van der Waals surface area contributed by atoms with Gasteiger partial charge in [0.25, 0.3) is 0 Å². The molecule has 1 aromatic rings. The number of nitrogens with two attached hydrogens (primary N) is 1. The van der Waals surface area contributed by atoms with Gasteiger partial charge in [-0.15, -0.1) is 0 Å². The minimum atomic E-state index is 0.128. The van der Waals surface area contributed by atoms with Gasteiger partial charge in [-0.25, -0.2) is 0 Å². The Kier molecular flexibility index (Phi) is 3.29. The topological polar surface area (TPSA) is 29.3 Å². The summed E-state index contributed by atoms with van der Waals surface area (Å²) in [4.78, 5) is 2.59. The van der Waals surface area contributed by atoms with E-state index in [4.69, 9.17) is 5.73 Å². The standard InChI is InChI=1S/C16H24N2/c1-12(17)15-7-2-3-8-16(15)18-10-13-5-4-6-14(9-13)11-18/h2-3,7-8,12-14H,4-6,9-11,17H2,1H3. The van der Waals surface area contributed by atoms with E-state index in [2.05, 4.69) is 36.1 Å². The Morgan fingerprint density at radius 3 is 2.50 bits per heavy atom. The van der Waals surface area contributed by atoms with Crippen molar-refractivity contribution in [3.63, 3.8) is 0 Å². The minimum Gasteiger partial charge on any atom is -0.371 e. The third-order valence-electron chi connectivity index (χ3n) is 4.62. The second kappa shape index (κ2) is 4.93. The molecule has 0 aromatic heterocycles. The van der Waals surface area contributed by atoms with Crippen LogP contribution in [0.15, 0.2) is 24.3 Å². The van der Waals surface area contributed by atoms with Crippen LogP contribution in [0.1, 0.15) is 44.2 Å². The van der Waals surface area contributed by atoms with Crippen molar-refractivity contribution in [2.24, 2.45) is 17.6 Å². The predicted molar refractivity (Wildman–Crippen MR) is 76.7 cm³/mol. The number of benzene rings is 1. The van der Waals surface area contributed by atoms with Crippen molar-refractivity contribution in [3.05, 3.63) is 29.8 Å². The van der Waals surface area contributed by atoms with E-state index < -0.39 is 0 Å². The van der Waals surface area contributed by atoms with Crippen LogP contribution in [0.5, 0.6) is 0 Å². The van der Waals surface area contributed by atoms with Crippen LogP contribution in [0.3, 0.4) is 0 Å². The Hall–Kier alpha value is -1.02. The number of rotatable bonds is 2. The van der Waals surface area contributed by atoms with E-state index in [-0.39, 0.29) is 6.04 Å². The van der Waals surface area contributed by atoms with Crippen LogP contribution in [-0.2, 0) is 0 Å². The molecule has 1 saturated carbocycles. The van der Waals surface area contributed by atoms with Gasteiger partial charge in [-0.3, -0.25) is 0 Å². The van der Waals surface area contributed by atoms with Gasteiger partial charge >= 0.3 is 0 Å². The molecule has 1 saturated heterocycles. The molecule has 1 heterocycles. The van der Waals surface area contributed by atoms with E-state index in [9.17, 15) is 0 Å². The molecule has 3 rings (SSSR count). The predicted octanol–water partition coefficient (Wildman–Crippen LogP) is 3.33. The van der Waals surface area contributed by atoms with E-state index in [0.717, 1.165) is 11.8 Å². The number of hydrogen-bond donors (Lipinski definition) is 1. The summed E-state index contributed by atoms with van der Waals surface area (Å²) in [5, 5.41) is 0. The number of nitrogens with zero attached hydrogens (tertiary/aromatic N) is 1. The minimum absolute atomic E-state index is 0.128. The van der Waals surface area contributed by atoms with E-state index in [1.54, 1.807) is 0 Å². The maximum absolute atomic E-state index is 6.11. The molecule has 0 radical (unpaired) electrons. The molecule has 1 aromatic carbocycles. The molecule has 1 aliphatic heterocycles.